The van der Waals surface area contributed by atoms with E-state index in [0.29, 0.717) is 6.54 Å². The lowest BCUT2D eigenvalue weighted by molar-refractivity contribution is 0.0561. The lowest BCUT2D eigenvalue weighted by atomic mass is 9.99. The van der Waals surface area contributed by atoms with E-state index >= 15 is 0 Å². The summed E-state index contributed by atoms with van der Waals surface area (Å²) in [5.74, 6) is 0. The Morgan fingerprint density at radius 3 is 2.33 bits per heavy atom. The molecule has 1 saturated carbocycles. The topological polar surface area (TPSA) is 49.5 Å². The van der Waals surface area contributed by atoms with Crippen molar-refractivity contribution >= 4 is 0 Å². The van der Waals surface area contributed by atoms with Gasteiger partial charge >= 0.3 is 0 Å². The van der Waals surface area contributed by atoms with Gasteiger partial charge in [0.2, 0.25) is 0 Å². The van der Waals surface area contributed by atoms with Crippen molar-refractivity contribution in [2.45, 2.75) is 76.4 Å². The van der Waals surface area contributed by atoms with Crippen molar-refractivity contribution in [2.24, 2.45) is 5.73 Å². The van der Waals surface area contributed by atoms with E-state index < -0.39 is 5.60 Å². The molecule has 1 rings (SSSR count). The van der Waals surface area contributed by atoms with Gasteiger partial charge in [-0.3, -0.25) is 0 Å². The second-order valence-electron chi connectivity index (χ2n) is 6.28. The Balaban J connectivity index is 2.14. The molecular formula is C15H32N2O. The monoisotopic (exact) mass is 256 g/mol. The average Bonchev–Trinajstić information content (AvgIpc) is 2.63. The molecule has 3 nitrogen and oxygen atoms in total. The van der Waals surface area contributed by atoms with Gasteiger partial charge in [-0.25, -0.2) is 0 Å². The molecule has 18 heavy (non-hydrogen) atoms. The van der Waals surface area contributed by atoms with Crippen LogP contribution in [0.4, 0.5) is 0 Å². The van der Waals surface area contributed by atoms with E-state index in [1.54, 1.807) is 0 Å². The fraction of sp³-hybridized carbons (Fsp3) is 1.00. The van der Waals surface area contributed by atoms with Crippen LogP contribution in [0.2, 0.25) is 0 Å². The molecule has 0 aromatic carbocycles. The van der Waals surface area contributed by atoms with Crippen LogP contribution in [0.5, 0.6) is 0 Å². The summed E-state index contributed by atoms with van der Waals surface area (Å²) >= 11 is 0. The molecule has 1 aliphatic rings. The SMILES string of the molecule is CN(CCCCC(C)(O)CN)C1CCCCCC1. The molecule has 0 radical (unpaired) electrons. The summed E-state index contributed by atoms with van der Waals surface area (Å²) in [7, 11) is 2.26. The first-order valence-electron chi connectivity index (χ1n) is 7.68. The van der Waals surface area contributed by atoms with Gasteiger partial charge in [0, 0.05) is 12.6 Å². The second kappa shape index (κ2) is 8.13. The van der Waals surface area contributed by atoms with Crippen LogP contribution in [0.1, 0.15) is 64.7 Å². The first kappa shape index (κ1) is 15.9. The Morgan fingerprint density at radius 2 is 1.78 bits per heavy atom. The van der Waals surface area contributed by atoms with Crippen LogP contribution in [0.3, 0.4) is 0 Å². The standard InChI is InChI=1S/C15H32N2O/c1-15(18,13-16)11-7-8-12-17(2)14-9-5-3-4-6-10-14/h14,18H,3-13,16H2,1-2H3. The van der Waals surface area contributed by atoms with Crippen molar-refractivity contribution in [3.05, 3.63) is 0 Å². The fourth-order valence-electron chi connectivity index (χ4n) is 2.85. The average molecular weight is 256 g/mol. The maximum absolute atomic E-state index is 9.84. The molecule has 1 atom stereocenters. The molecule has 0 aliphatic heterocycles. The Labute approximate surface area is 113 Å². The predicted octanol–water partition coefficient (Wildman–Crippen LogP) is 2.52. The third-order valence-corrected chi connectivity index (χ3v) is 4.36. The lowest BCUT2D eigenvalue weighted by Gasteiger charge is -2.27. The van der Waals surface area contributed by atoms with Crippen molar-refractivity contribution in [2.75, 3.05) is 20.1 Å². The highest BCUT2D eigenvalue weighted by atomic mass is 16.3. The van der Waals surface area contributed by atoms with E-state index in [4.69, 9.17) is 5.73 Å². The van der Waals surface area contributed by atoms with Gasteiger partial charge in [0.15, 0.2) is 0 Å². The molecule has 3 heteroatoms. The zero-order chi connectivity index (χ0) is 13.4. The summed E-state index contributed by atoms with van der Waals surface area (Å²) in [5, 5.41) is 9.84. The first-order chi connectivity index (χ1) is 8.55. The van der Waals surface area contributed by atoms with Crippen molar-refractivity contribution < 1.29 is 5.11 Å². The summed E-state index contributed by atoms with van der Waals surface area (Å²) in [6.07, 6.45) is 11.4. The van der Waals surface area contributed by atoms with Gasteiger partial charge in [0.25, 0.3) is 0 Å². The van der Waals surface area contributed by atoms with Crippen LogP contribution < -0.4 is 5.73 Å². The maximum Gasteiger partial charge on any atom is 0.0741 e. The molecule has 0 saturated heterocycles. The highest BCUT2D eigenvalue weighted by molar-refractivity contribution is 4.75. The highest BCUT2D eigenvalue weighted by Gasteiger charge is 2.19. The van der Waals surface area contributed by atoms with E-state index in [9.17, 15) is 5.11 Å². The van der Waals surface area contributed by atoms with E-state index in [2.05, 4.69) is 11.9 Å². The number of nitrogens with zero attached hydrogens (tertiary/aromatic N) is 1. The molecule has 0 bridgehead atoms. The highest BCUT2D eigenvalue weighted by Crippen LogP contribution is 2.21. The molecule has 0 amide bonds. The van der Waals surface area contributed by atoms with Crippen LogP contribution in [0.15, 0.2) is 0 Å². The molecular weight excluding hydrogens is 224 g/mol. The molecule has 0 heterocycles. The zero-order valence-corrected chi connectivity index (χ0v) is 12.3. The molecule has 0 aromatic rings. The number of aliphatic hydroxyl groups is 1. The van der Waals surface area contributed by atoms with Gasteiger partial charge in [-0.15, -0.1) is 0 Å². The Bertz CT molecular complexity index is 211. The van der Waals surface area contributed by atoms with Crippen molar-refractivity contribution in [3.63, 3.8) is 0 Å². The van der Waals surface area contributed by atoms with Gasteiger partial charge in [-0.2, -0.15) is 0 Å². The van der Waals surface area contributed by atoms with Crippen LogP contribution in [-0.4, -0.2) is 41.8 Å². The fourth-order valence-corrected chi connectivity index (χ4v) is 2.85. The third-order valence-electron chi connectivity index (χ3n) is 4.36. The minimum atomic E-state index is -0.666. The lowest BCUT2D eigenvalue weighted by Crippen LogP contribution is -2.35. The minimum absolute atomic E-state index is 0.367. The molecule has 108 valence electrons. The van der Waals surface area contributed by atoms with Gasteiger partial charge in [0.1, 0.15) is 0 Å². The quantitative estimate of drug-likeness (QED) is 0.543. The first-order valence-corrected chi connectivity index (χ1v) is 7.68. The molecule has 0 aromatic heterocycles. The summed E-state index contributed by atoms with van der Waals surface area (Å²) in [5.41, 5.74) is 4.86. The Kier molecular flexibility index (Phi) is 7.20. The third kappa shape index (κ3) is 6.17. The van der Waals surface area contributed by atoms with E-state index in [1.807, 2.05) is 6.92 Å². The van der Waals surface area contributed by atoms with Crippen LogP contribution >= 0.6 is 0 Å². The maximum atomic E-state index is 9.84. The number of hydrogen-bond donors (Lipinski definition) is 2. The van der Waals surface area contributed by atoms with Gasteiger partial charge in [-0.1, -0.05) is 25.7 Å². The normalized spacial score (nSPS) is 21.8. The van der Waals surface area contributed by atoms with E-state index in [1.165, 1.54) is 44.9 Å². The molecule has 1 aliphatic carbocycles. The van der Waals surface area contributed by atoms with Crippen LogP contribution in [0, 0.1) is 0 Å². The number of unbranched alkanes of at least 4 members (excludes halogenated alkanes) is 1. The van der Waals surface area contributed by atoms with Crippen molar-refractivity contribution in [1.82, 2.24) is 4.90 Å². The molecule has 0 spiro atoms. The molecule has 1 unspecified atom stereocenters. The molecule has 1 fully saturated rings. The van der Waals surface area contributed by atoms with Crippen LogP contribution in [0.25, 0.3) is 0 Å². The number of hydrogen-bond acceptors (Lipinski definition) is 3. The Morgan fingerprint density at radius 1 is 1.17 bits per heavy atom. The minimum Gasteiger partial charge on any atom is -0.389 e. The van der Waals surface area contributed by atoms with Gasteiger partial charge in [0.05, 0.1) is 5.60 Å². The molecule has 3 N–H and O–H groups in total. The van der Waals surface area contributed by atoms with E-state index in [0.717, 1.165) is 25.4 Å². The van der Waals surface area contributed by atoms with Crippen LogP contribution in [-0.2, 0) is 0 Å². The predicted molar refractivity (Wildman–Crippen MR) is 77.6 cm³/mol. The summed E-state index contributed by atoms with van der Waals surface area (Å²) in [6, 6.07) is 0.794. The van der Waals surface area contributed by atoms with Gasteiger partial charge in [-0.05, 0) is 52.6 Å². The summed E-state index contributed by atoms with van der Waals surface area (Å²) in [4.78, 5) is 2.53. The number of nitrogens with two attached hydrogens (primary N) is 1. The van der Waals surface area contributed by atoms with E-state index in [-0.39, 0.29) is 0 Å². The van der Waals surface area contributed by atoms with Crippen molar-refractivity contribution in [3.8, 4) is 0 Å². The Hall–Kier alpha value is -0.120. The zero-order valence-electron chi connectivity index (χ0n) is 12.3. The van der Waals surface area contributed by atoms with Gasteiger partial charge < -0.3 is 15.7 Å². The summed E-state index contributed by atoms with van der Waals surface area (Å²) < 4.78 is 0. The summed E-state index contributed by atoms with van der Waals surface area (Å²) in [6.45, 7) is 3.36. The smallest absolute Gasteiger partial charge is 0.0741 e. The largest absolute Gasteiger partial charge is 0.389 e. The van der Waals surface area contributed by atoms with Crippen molar-refractivity contribution in [1.29, 1.82) is 0 Å². The number of rotatable bonds is 7. The second-order valence-corrected chi connectivity index (χ2v) is 6.28.